The van der Waals surface area contributed by atoms with Crippen molar-refractivity contribution >= 4 is 47.5 Å². The highest BCUT2D eigenvalue weighted by Crippen LogP contribution is 2.53. The molecule has 3 aromatic carbocycles. The van der Waals surface area contributed by atoms with Crippen LogP contribution < -0.4 is 42.4 Å². The molecule has 11 N–H and O–H groups in total. The molecule has 0 spiro atoms. The second-order valence-electron chi connectivity index (χ2n) is 20.6. The summed E-state index contributed by atoms with van der Waals surface area (Å²) >= 11 is 0. The van der Waals surface area contributed by atoms with Crippen molar-refractivity contribution in [2.75, 3.05) is 65.9 Å². The molecule has 25 heteroatoms. The van der Waals surface area contributed by atoms with Crippen LogP contribution in [0.25, 0.3) is 0 Å². The second kappa shape index (κ2) is 24.7. The van der Waals surface area contributed by atoms with Crippen molar-refractivity contribution in [1.29, 1.82) is 0 Å². The number of aliphatic hydroxyl groups is 1. The molecule has 428 valence electrons. The average Bonchev–Trinajstić information content (AvgIpc) is 3.86. The van der Waals surface area contributed by atoms with Gasteiger partial charge in [-0.15, -0.1) is 0 Å². The maximum Gasteiger partial charge on any atom is 0.407 e. The highest BCUT2D eigenvalue weighted by Gasteiger charge is 2.55. The van der Waals surface area contributed by atoms with E-state index in [-0.39, 0.29) is 85.1 Å². The summed E-state index contributed by atoms with van der Waals surface area (Å²) in [6.07, 6.45) is -4.74. The molecule has 8 rings (SSSR count). The van der Waals surface area contributed by atoms with Crippen molar-refractivity contribution in [2.24, 2.45) is 11.7 Å². The van der Waals surface area contributed by atoms with Crippen molar-refractivity contribution < 1.29 is 82.0 Å². The Balaban J connectivity index is 0.908. The molecule has 5 amide bonds. The van der Waals surface area contributed by atoms with Gasteiger partial charge in [-0.05, 0) is 56.5 Å². The van der Waals surface area contributed by atoms with Gasteiger partial charge in [0.05, 0.1) is 54.2 Å². The van der Waals surface area contributed by atoms with Crippen molar-refractivity contribution in [3.63, 3.8) is 0 Å². The number of rotatable bonds is 22. The Bertz CT molecular complexity index is 2800. The van der Waals surface area contributed by atoms with Crippen molar-refractivity contribution in [3.05, 3.63) is 81.4 Å². The summed E-state index contributed by atoms with van der Waals surface area (Å²) in [7, 11) is 4.52. The molecule has 0 aromatic heterocycles. The Hall–Kier alpha value is -6.81. The van der Waals surface area contributed by atoms with E-state index in [9.17, 15) is 48.9 Å². The van der Waals surface area contributed by atoms with E-state index in [4.69, 9.17) is 38.9 Å². The summed E-state index contributed by atoms with van der Waals surface area (Å²) in [6.45, 7) is 6.37. The molecule has 0 radical (unpaired) electrons. The number of primary amides is 1. The first-order chi connectivity index (χ1) is 37.8. The maximum atomic E-state index is 14.3. The summed E-state index contributed by atoms with van der Waals surface area (Å²) in [5.41, 5.74) is 1.44. The fourth-order valence-corrected chi connectivity index (χ4v) is 11.1. The van der Waals surface area contributed by atoms with Gasteiger partial charge < -0.3 is 90.9 Å². The maximum absolute atomic E-state index is 14.3. The van der Waals surface area contributed by atoms with Gasteiger partial charge in [0.2, 0.25) is 11.7 Å². The van der Waals surface area contributed by atoms with E-state index in [1.165, 1.54) is 32.4 Å². The fourth-order valence-electron chi connectivity index (χ4n) is 11.1. The number of benzene rings is 3. The molecule has 3 heterocycles. The smallest absolute Gasteiger partial charge is 0.407 e. The van der Waals surface area contributed by atoms with Gasteiger partial charge in [-0.2, -0.15) is 0 Å². The van der Waals surface area contributed by atoms with E-state index >= 15 is 0 Å². The van der Waals surface area contributed by atoms with Crippen molar-refractivity contribution in [3.8, 4) is 17.2 Å². The van der Waals surface area contributed by atoms with E-state index in [1.807, 2.05) is 20.8 Å². The number of nitrogens with zero attached hydrogens (tertiary/aromatic N) is 1. The van der Waals surface area contributed by atoms with Crippen molar-refractivity contribution in [2.45, 2.75) is 120 Å². The standard InChI is InChI=1S/C54H70N8O17/c1-27(2)53(26-63,56-4)25-60-33(10-8-16-58-51(55)70)47(68)61-30-14-12-29(13-15-30)24-76-52(71)59-18-17-57-50(69)54(72)22-32-39(45(67)41-40(43(32)65)42(64)31-9-7-11-35(73-5)38(31)44(41)66)36(23-54)78-37-21-34-46(28(3)77-37)79-48-49(74-6)75-20-19-62(34)48/h7,9,11-15,26-28,33-34,36-37,46,48-49,56,60,65,67,72H,8,10,16-25H2,1-6H3,(H,57,69)(H,59,71)(H,61,68)(H3,55,58,70)/t28-,33-,34-,36-,37-,46+,48+,49-,53+,54-/m0/s1. The predicted molar refractivity (Wildman–Crippen MR) is 279 cm³/mol. The number of hydrogen-bond acceptors (Lipinski definition) is 20. The summed E-state index contributed by atoms with van der Waals surface area (Å²) in [5.74, 6) is -4.31. The largest absolute Gasteiger partial charge is 0.507 e. The Morgan fingerprint density at radius 2 is 1.70 bits per heavy atom. The number of urea groups is 1. The van der Waals surface area contributed by atoms with Crippen LogP contribution in [0.3, 0.4) is 0 Å². The molecule has 0 saturated carbocycles. The second-order valence-corrected chi connectivity index (χ2v) is 20.6. The number of likely N-dealkylation sites (N-methyl/N-ethyl adjacent to an activating group) is 1. The first kappa shape index (κ1) is 58.3. The normalized spacial score (nSPS) is 25.3. The van der Waals surface area contributed by atoms with Crippen LogP contribution in [0.2, 0.25) is 0 Å². The fraction of sp³-hybridized carbons (Fsp3) is 0.537. The van der Waals surface area contributed by atoms with Gasteiger partial charge in [0.15, 0.2) is 24.6 Å². The number of amides is 5. The van der Waals surface area contributed by atoms with E-state index in [1.54, 1.807) is 31.3 Å². The zero-order chi connectivity index (χ0) is 56.9. The number of alkyl carbamates (subject to hydrolysis) is 1. The summed E-state index contributed by atoms with van der Waals surface area (Å²) in [4.78, 5) is 94.2. The Kier molecular flexibility index (Phi) is 18.2. The number of nitrogens with two attached hydrogens (primary N) is 1. The number of anilines is 1. The van der Waals surface area contributed by atoms with Crippen LogP contribution in [0.4, 0.5) is 15.3 Å². The summed E-state index contributed by atoms with van der Waals surface area (Å²) in [6, 6.07) is 9.26. The Labute approximate surface area is 455 Å². The number of ketones is 2. The number of ether oxygens (including phenoxy) is 7. The SMILES string of the molecule is CN[C@@](C=O)(CN[C@@H](CCCNC(N)=O)C(=O)Nc1ccc(COC(=O)NCCNC(=O)[C@]2(O)Cc3c(O)c4c(c(O)c3[C@@H](O[C@H]3C[C@H]5[C@H](O[C@@H]6[C@@H](OC)OCCN65)[C@H](C)O3)C2)C(=O)c2c(OC)cccc2C4=O)cc1)C(C)C. The molecule has 3 saturated heterocycles. The van der Waals surface area contributed by atoms with E-state index in [2.05, 4.69) is 36.8 Å². The Morgan fingerprint density at radius 3 is 2.38 bits per heavy atom. The summed E-state index contributed by atoms with van der Waals surface area (Å²) < 4.78 is 41.4. The van der Waals surface area contributed by atoms with Crippen LogP contribution in [0.15, 0.2) is 42.5 Å². The molecular formula is C54H70N8O17. The number of phenols is 2. The third-order valence-corrected chi connectivity index (χ3v) is 15.5. The number of phenolic OH excluding ortho intramolecular Hbond substituents is 2. The van der Waals surface area contributed by atoms with Crippen molar-refractivity contribution in [1.82, 2.24) is 31.5 Å². The lowest BCUT2D eigenvalue weighted by atomic mass is 9.72. The monoisotopic (exact) mass is 1100 g/mol. The number of hydrogen-bond donors (Lipinski definition) is 10. The van der Waals surface area contributed by atoms with Gasteiger partial charge in [-0.3, -0.25) is 24.1 Å². The molecule has 0 unspecified atom stereocenters. The third-order valence-electron chi connectivity index (χ3n) is 15.5. The van der Waals surface area contributed by atoms with Crippen LogP contribution in [-0.4, -0.2) is 177 Å². The number of methoxy groups -OCH3 is 2. The molecule has 3 aromatic rings. The van der Waals surface area contributed by atoms with E-state index in [0.717, 1.165) is 6.29 Å². The number of fused-ring (bicyclic) bond motifs is 6. The molecular weight excluding hydrogens is 1030 g/mol. The number of aldehydes is 1. The van der Waals surface area contributed by atoms with E-state index < -0.39 is 119 Å². The van der Waals surface area contributed by atoms with Gasteiger partial charge in [-0.1, -0.05) is 38.1 Å². The van der Waals surface area contributed by atoms with Gasteiger partial charge in [0.25, 0.3) is 5.91 Å². The van der Waals surface area contributed by atoms with Crippen LogP contribution in [0, 0.1) is 5.92 Å². The number of carbonyl (C=O) groups is 7. The minimum atomic E-state index is -2.35. The lowest BCUT2D eigenvalue weighted by molar-refractivity contribution is -0.256. The topological polar surface area (TPSA) is 346 Å². The molecule has 79 heavy (non-hydrogen) atoms. The molecule has 2 aliphatic carbocycles. The zero-order valence-electron chi connectivity index (χ0n) is 44.9. The van der Waals surface area contributed by atoms with E-state index in [0.29, 0.717) is 37.2 Å². The molecule has 25 nitrogen and oxygen atoms in total. The number of nitrogens with one attached hydrogen (secondary N) is 6. The van der Waals surface area contributed by atoms with Crippen LogP contribution in [0.5, 0.6) is 17.2 Å². The minimum absolute atomic E-state index is 0.0751. The highest BCUT2D eigenvalue weighted by atomic mass is 16.7. The van der Waals surface area contributed by atoms with Crippen LogP contribution >= 0.6 is 0 Å². The van der Waals surface area contributed by atoms with Gasteiger partial charge in [0.1, 0.15) is 41.8 Å². The molecule has 0 bridgehead atoms. The third kappa shape index (κ3) is 12.0. The quantitative estimate of drug-likeness (QED) is 0.0302. The number of morpholine rings is 1. The first-order valence-electron chi connectivity index (χ1n) is 26.2. The summed E-state index contributed by atoms with van der Waals surface area (Å²) in [5, 5.41) is 53.2. The molecule has 3 aliphatic heterocycles. The van der Waals surface area contributed by atoms with Gasteiger partial charge in [-0.25, -0.2) is 9.59 Å². The Morgan fingerprint density at radius 1 is 0.962 bits per heavy atom. The zero-order valence-corrected chi connectivity index (χ0v) is 44.9. The molecule has 3 fully saturated rings. The lowest BCUT2D eigenvalue weighted by Gasteiger charge is -2.43. The number of aromatic hydroxyl groups is 2. The molecule has 5 aliphatic rings. The number of carbonyl (C=O) groups excluding carboxylic acids is 7. The van der Waals surface area contributed by atoms with Crippen LogP contribution in [-0.2, 0) is 55.8 Å². The average molecular weight is 1100 g/mol. The highest BCUT2D eigenvalue weighted by molar-refractivity contribution is 6.31. The lowest BCUT2D eigenvalue weighted by Crippen LogP contribution is -2.59. The minimum Gasteiger partial charge on any atom is -0.507 e. The van der Waals surface area contributed by atoms with Gasteiger partial charge >= 0.3 is 12.1 Å². The molecule has 10 atom stereocenters. The van der Waals surface area contributed by atoms with Crippen LogP contribution in [0.1, 0.15) is 101 Å². The first-order valence-corrected chi connectivity index (χ1v) is 26.2. The van der Waals surface area contributed by atoms with Gasteiger partial charge in [0, 0.05) is 87.5 Å². The predicted octanol–water partition coefficient (Wildman–Crippen LogP) is 1.35.